The van der Waals surface area contributed by atoms with E-state index in [0.717, 1.165) is 37.3 Å². The summed E-state index contributed by atoms with van der Waals surface area (Å²) in [6, 6.07) is 1.58. The van der Waals surface area contributed by atoms with Gasteiger partial charge >= 0.3 is 0 Å². The first-order chi connectivity index (χ1) is 7.58. The zero-order valence-corrected chi connectivity index (χ0v) is 9.94. The summed E-state index contributed by atoms with van der Waals surface area (Å²) in [6.07, 6.45) is 2.74. The van der Waals surface area contributed by atoms with Crippen LogP contribution in [0.15, 0.2) is 10.9 Å². The first kappa shape index (κ1) is 11.3. The van der Waals surface area contributed by atoms with Gasteiger partial charge in [0.25, 0.3) is 5.56 Å². The van der Waals surface area contributed by atoms with E-state index < -0.39 is 0 Å². The van der Waals surface area contributed by atoms with Gasteiger partial charge in [-0.3, -0.25) is 9.36 Å². The van der Waals surface area contributed by atoms with Gasteiger partial charge in [0.1, 0.15) is 5.82 Å². The quantitative estimate of drug-likeness (QED) is 0.817. The van der Waals surface area contributed by atoms with Gasteiger partial charge in [0, 0.05) is 18.3 Å². The van der Waals surface area contributed by atoms with Crippen molar-refractivity contribution in [3.05, 3.63) is 27.9 Å². The average molecular weight is 221 g/mol. The fraction of sp³-hybridized carbons (Fsp3) is 0.667. The minimum absolute atomic E-state index is 0.0517. The van der Waals surface area contributed by atoms with Crippen LogP contribution in [0.2, 0.25) is 0 Å². The Hall–Kier alpha value is -1.16. The van der Waals surface area contributed by atoms with E-state index in [1.54, 1.807) is 10.6 Å². The van der Waals surface area contributed by atoms with Crippen molar-refractivity contribution in [1.29, 1.82) is 0 Å². The van der Waals surface area contributed by atoms with Gasteiger partial charge in [0.2, 0.25) is 0 Å². The lowest BCUT2D eigenvalue weighted by atomic mass is 10.1. The first-order valence-electron chi connectivity index (χ1n) is 5.94. The van der Waals surface area contributed by atoms with Gasteiger partial charge in [0.05, 0.1) is 6.04 Å². The average Bonchev–Trinajstić information content (AvgIpc) is 2.19. The number of hydrogen-bond acceptors (Lipinski definition) is 3. The van der Waals surface area contributed by atoms with E-state index >= 15 is 0 Å². The van der Waals surface area contributed by atoms with Crippen LogP contribution in [0.25, 0.3) is 0 Å². The van der Waals surface area contributed by atoms with Gasteiger partial charge in [-0.2, -0.15) is 0 Å². The lowest BCUT2D eigenvalue weighted by molar-refractivity contribution is 0.427. The van der Waals surface area contributed by atoms with E-state index in [0.29, 0.717) is 5.92 Å². The zero-order valence-electron chi connectivity index (χ0n) is 9.94. The Kier molecular flexibility index (Phi) is 3.10. The molecule has 4 heteroatoms. The summed E-state index contributed by atoms with van der Waals surface area (Å²) in [4.78, 5) is 16.4. The lowest BCUT2D eigenvalue weighted by Gasteiger charge is -2.23. The summed E-state index contributed by atoms with van der Waals surface area (Å²) < 4.78 is 1.72. The highest BCUT2D eigenvalue weighted by Gasteiger charge is 2.19. The Morgan fingerprint density at radius 2 is 2.38 bits per heavy atom. The zero-order chi connectivity index (χ0) is 11.7. The number of fused-ring (bicyclic) bond motifs is 1. The molecule has 1 aromatic heterocycles. The molecule has 1 atom stereocenters. The maximum absolute atomic E-state index is 11.9. The number of hydrogen-bond donors (Lipinski definition) is 1. The first-order valence-corrected chi connectivity index (χ1v) is 5.94. The molecular formula is C12H19N3O. The molecule has 16 heavy (non-hydrogen) atoms. The minimum atomic E-state index is -0.0754. The highest BCUT2D eigenvalue weighted by Crippen LogP contribution is 2.19. The third kappa shape index (κ3) is 2.16. The number of aromatic nitrogens is 2. The van der Waals surface area contributed by atoms with Crippen molar-refractivity contribution in [3.63, 3.8) is 0 Å². The van der Waals surface area contributed by atoms with Crippen LogP contribution in [0.4, 0.5) is 0 Å². The van der Waals surface area contributed by atoms with Crippen LogP contribution in [0.3, 0.4) is 0 Å². The molecule has 0 bridgehead atoms. The lowest BCUT2D eigenvalue weighted by Crippen LogP contribution is -2.33. The minimum Gasteiger partial charge on any atom is -0.321 e. The predicted molar refractivity (Wildman–Crippen MR) is 63.2 cm³/mol. The Morgan fingerprint density at radius 3 is 3.06 bits per heavy atom. The summed E-state index contributed by atoms with van der Waals surface area (Å²) in [5.74, 6) is 1.28. The smallest absolute Gasteiger partial charge is 0.253 e. The van der Waals surface area contributed by atoms with Crippen LogP contribution in [0.1, 0.15) is 44.2 Å². The van der Waals surface area contributed by atoms with Crippen molar-refractivity contribution in [1.82, 2.24) is 9.55 Å². The van der Waals surface area contributed by atoms with Crippen LogP contribution in [0, 0.1) is 5.92 Å². The molecule has 0 saturated carbocycles. The summed E-state index contributed by atoms with van der Waals surface area (Å²) >= 11 is 0. The van der Waals surface area contributed by atoms with Crippen molar-refractivity contribution in [2.24, 2.45) is 11.7 Å². The second-order valence-electron chi connectivity index (χ2n) is 4.94. The van der Waals surface area contributed by atoms with E-state index in [-0.39, 0.29) is 11.6 Å². The maximum Gasteiger partial charge on any atom is 0.253 e. The molecule has 1 aliphatic rings. The molecule has 2 rings (SSSR count). The topological polar surface area (TPSA) is 60.9 Å². The Labute approximate surface area is 95.5 Å². The number of nitrogens with zero attached hydrogens (tertiary/aromatic N) is 2. The van der Waals surface area contributed by atoms with Crippen LogP contribution >= 0.6 is 0 Å². The molecule has 0 fully saturated rings. The van der Waals surface area contributed by atoms with Crippen LogP contribution < -0.4 is 11.3 Å². The van der Waals surface area contributed by atoms with E-state index in [2.05, 4.69) is 18.8 Å². The molecule has 0 aliphatic carbocycles. The fourth-order valence-electron chi connectivity index (χ4n) is 2.20. The van der Waals surface area contributed by atoms with Gasteiger partial charge in [-0.05, 0) is 25.2 Å². The summed E-state index contributed by atoms with van der Waals surface area (Å²) in [6.45, 7) is 5.01. The Bertz CT molecular complexity index is 436. The SMILES string of the molecule is CC(C)Cc1cc(=O)n2c(n1)C(N)CCC2. The van der Waals surface area contributed by atoms with Crippen LogP contribution in [-0.2, 0) is 13.0 Å². The maximum atomic E-state index is 11.9. The highest BCUT2D eigenvalue weighted by atomic mass is 16.1. The third-order valence-electron chi connectivity index (χ3n) is 2.94. The summed E-state index contributed by atoms with van der Waals surface area (Å²) in [5, 5.41) is 0. The predicted octanol–water partition coefficient (Wildman–Crippen LogP) is 1.24. The van der Waals surface area contributed by atoms with Crippen LogP contribution in [0.5, 0.6) is 0 Å². The van der Waals surface area contributed by atoms with E-state index in [1.165, 1.54) is 0 Å². The van der Waals surface area contributed by atoms with E-state index in [1.807, 2.05) is 0 Å². The van der Waals surface area contributed by atoms with Crippen molar-refractivity contribution in [2.45, 2.75) is 45.7 Å². The molecule has 1 aliphatic heterocycles. The van der Waals surface area contributed by atoms with Gasteiger partial charge in [0.15, 0.2) is 0 Å². The second-order valence-corrected chi connectivity index (χ2v) is 4.94. The van der Waals surface area contributed by atoms with Gasteiger partial charge < -0.3 is 5.73 Å². The Balaban J connectivity index is 2.42. The second kappa shape index (κ2) is 4.37. The molecule has 2 N–H and O–H groups in total. The molecule has 4 nitrogen and oxygen atoms in total. The third-order valence-corrected chi connectivity index (χ3v) is 2.94. The van der Waals surface area contributed by atoms with Gasteiger partial charge in [-0.15, -0.1) is 0 Å². The molecule has 88 valence electrons. The van der Waals surface area contributed by atoms with E-state index in [4.69, 9.17) is 5.73 Å². The normalized spacial score (nSPS) is 19.9. The fourth-order valence-corrected chi connectivity index (χ4v) is 2.20. The van der Waals surface area contributed by atoms with Gasteiger partial charge in [-0.25, -0.2) is 4.98 Å². The molecule has 0 saturated heterocycles. The summed E-state index contributed by atoms with van der Waals surface area (Å²) in [7, 11) is 0. The largest absolute Gasteiger partial charge is 0.321 e. The summed E-state index contributed by atoms with van der Waals surface area (Å²) in [5.41, 5.74) is 6.92. The Morgan fingerprint density at radius 1 is 1.62 bits per heavy atom. The van der Waals surface area contributed by atoms with Crippen LogP contribution in [-0.4, -0.2) is 9.55 Å². The monoisotopic (exact) mass is 221 g/mol. The molecule has 1 aromatic rings. The molecule has 1 unspecified atom stereocenters. The molecule has 0 aromatic carbocycles. The highest BCUT2D eigenvalue weighted by molar-refractivity contribution is 5.09. The molecular weight excluding hydrogens is 202 g/mol. The standard InChI is InChI=1S/C12H19N3O/c1-8(2)6-9-7-11(16)15-5-3-4-10(13)12(15)14-9/h7-8,10H,3-6,13H2,1-2H3. The van der Waals surface area contributed by atoms with Crippen molar-refractivity contribution in [3.8, 4) is 0 Å². The van der Waals surface area contributed by atoms with Gasteiger partial charge in [-0.1, -0.05) is 13.8 Å². The van der Waals surface area contributed by atoms with Crippen molar-refractivity contribution in [2.75, 3.05) is 0 Å². The number of nitrogens with two attached hydrogens (primary N) is 1. The van der Waals surface area contributed by atoms with Crippen molar-refractivity contribution < 1.29 is 0 Å². The molecule has 0 radical (unpaired) electrons. The van der Waals surface area contributed by atoms with E-state index in [9.17, 15) is 4.79 Å². The molecule has 2 heterocycles. The molecule has 0 spiro atoms. The van der Waals surface area contributed by atoms with Crippen molar-refractivity contribution >= 4 is 0 Å². The molecule has 0 amide bonds. The number of rotatable bonds is 2.